The Labute approximate surface area is 185 Å². The molecule has 0 aromatic heterocycles. The number of guanidine groups is 1. The molecule has 2 amide bonds. The minimum atomic E-state index is -1.55. The maximum Gasteiger partial charge on any atom is 0.469 e. The molecule has 0 saturated carbocycles. The highest BCUT2D eigenvalue weighted by atomic mass is 16.7. The first-order valence-electron chi connectivity index (χ1n) is 9.77. The molecule has 0 heterocycles. The van der Waals surface area contributed by atoms with Crippen molar-refractivity contribution in [1.82, 2.24) is 9.91 Å². The number of hydrogen-bond donors (Lipinski definition) is 2. The Morgan fingerprint density at radius 2 is 1.84 bits per heavy atom. The number of carbonyl (C=O) groups excluding carboxylic acids is 3. The van der Waals surface area contributed by atoms with Gasteiger partial charge in [0.2, 0.25) is 0 Å². The molecule has 1 aromatic rings. The first-order chi connectivity index (χ1) is 15.2. The van der Waals surface area contributed by atoms with E-state index in [0.717, 1.165) is 4.90 Å². The van der Waals surface area contributed by atoms with Crippen LogP contribution in [-0.2, 0) is 25.7 Å². The van der Waals surface area contributed by atoms with Crippen molar-refractivity contribution in [2.75, 3.05) is 26.7 Å². The van der Waals surface area contributed by atoms with Crippen molar-refractivity contribution in [3.63, 3.8) is 0 Å². The zero-order chi connectivity index (χ0) is 24.1. The summed E-state index contributed by atoms with van der Waals surface area (Å²) < 4.78 is 9.83. The SMILES string of the molecule is CCOC(=O)CN(C)C(=O)[C@H](CCCN=C(N)N)N(C(=O)OCc1ccccc1)[N+](=O)[O-]. The number of likely N-dealkylation sites (N-methyl/N-ethyl adjacent to an activating group) is 1. The Bertz CT molecular complexity index is 814. The Balaban J connectivity index is 3.02. The summed E-state index contributed by atoms with van der Waals surface area (Å²) >= 11 is 0. The van der Waals surface area contributed by atoms with Crippen molar-refractivity contribution in [1.29, 1.82) is 0 Å². The molecule has 1 aromatic carbocycles. The van der Waals surface area contributed by atoms with Gasteiger partial charge in [-0.25, -0.2) is 14.9 Å². The Morgan fingerprint density at radius 3 is 2.41 bits per heavy atom. The maximum atomic E-state index is 12.9. The number of aliphatic imine (C=N–C) groups is 1. The van der Waals surface area contributed by atoms with E-state index >= 15 is 0 Å². The summed E-state index contributed by atoms with van der Waals surface area (Å²) in [4.78, 5) is 53.6. The maximum absolute atomic E-state index is 12.9. The molecule has 176 valence electrons. The largest absolute Gasteiger partial charge is 0.469 e. The van der Waals surface area contributed by atoms with Gasteiger partial charge in [0, 0.05) is 13.6 Å². The summed E-state index contributed by atoms with van der Waals surface area (Å²) in [6.07, 6.45) is -1.31. The Hall–Kier alpha value is -3.90. The van der Waals surface area contributed by atoms with E-state index in [9.17, 15) is 24.5 Å². The number of rotatable bonds is 12. The van der Waals surface area contributed by atoms with Crippen LogP contribution < -0.4 is 11.5 Å². The van der Waals surface area contributed by atoms with Crippen LogP contribution in [0.15, 0.2) is 35.3 Å². The summed E-state index contributed by atoms with van der Waals surface area (Å²) in [5.74, 6) is -1.71. The Morgan fingerprint density at radius 1 is 1.19 bits per heavy atom. The zero-order valence-corrected chi connectivity index (χ0v) is 18.0. The molecule has 0 saturated heterocycles. The lowest BCUT2D eigenvalue weighted by atomic mass is 10.1. The summed E-state index contributed by atoms with van der Waals surface area (Å²) in [6.45, 7) is 1.12. The molecule has 13 nitrogen and oxygen atoms in total. The number of nitrogens with two attached hydrogens (primary N) is 2. The lowest BCUT2D eigenvalue weighted by Gasteiger charge is -2.25. The fraction of sp³-hybridized carbons (Fsp3) is 0.474. The third-order valence-corrected chi connectivity index (χ3v) is 4.13. The molecule has 0 spiro atoms. The summed E-state index contributed by atoms with van der Waals surface area (Å²) in [7, 11) is 1.27. The molecule has 4 N–H and O–H groups in total. The average Bonchev–Trinajstić information content (AvgIpc) is 2.74. The number of ether oxygens (including phenoxy) is 2. The molecule has 0 aliphatic rings. The van der Waals surface area contributed by atoms with E-state index in [1.165, 1.54) is 7.05 Å². The van der Waals surface area contributed by atoms with Crippen LogP contribution in [0.5, 0.6) is 0 Å². The zero-order valence-electron chi connectivity index (χ0n) is 18.0. The van der Waals surface area contributed by atoms with Crippen LogP contribution in [0, 0.1) is 10.1 Å². The molecule has 0 bridgehead atoms. The van der Waals surface area contributed by atoms with Gasteiger partial charge in [-0.05, 0) is 30.3 Å². The summed E-state index contributed by atoms with van der Waals surface area (Å²) in [5, 5.41) is 10.8. The van der Waals surface area contributed by atoms with Crippen LogP contribution >= 0.6 is 0 Å². The topological polar surface area (TPSA) is 184 Å². The molecule has 0 aliphatic heterocycles. The second-order valence-electron chi connectivity index (χ2n) is 6.59. The van der Waals surface area contributed by atoms with E-state index in [-0.39, 0.29) is 43.6 Å². The van der Waals surface area contributed by atoms with Crippen molar-refractivity contribution < 1.29 is 28.9 Å². The molecule has 1 rings (SSSR count). The van der Waals surface area contributed by atoms with Crippen molar-refractivity contribution in [2.45, 2.75) is 32.4 Å². The monoisotopic (exact) mass is 452 g/mol. The van der Waals surface area contributed by atoms with E-state index < -0.39 is 35.6 Å². The molecule has 0 unspecified atom stereocenters. The number of amides is 2. The van der Waals surface area contributed by atoms with Crippen molar-refractivity contribution >= 4 is 23.9 Å². The number of hydrogen-bond acceptors (Lipinski definition) is 8. The number of benzene rings is 1. The predicted octanol–water partition coefficient (Wildman–Crippen LogP) is 0.261. The number of hydrazine groups is 1. The summed E-state index contributed by atoms with van der Waals surface area (Å²) in [5.41, 5.74) is 11.1. The molecule has 0 fully saturated rings. The van der Waals surface area contributed by atoms with E-state index in [1.807, 2.05) is 0 Å². The van der Waals surface area contributed by atoms with Crippen molar-refractivity contribution in [3.8, 4) is 0 Å². The molecular weight excluding hydrogens is 424 g/mol. The third-order valence-electron chi connectivity index (χ3n) is 4.13. The van der Waals surface area contributed by atoms with Gasteiger partial charge in [0.15, 0.2) is 17.0 Å². The standard InChI is InChI=1S/C19H28N6O7/c1-3-31-16(26)12-23(2)17(27)15(10-7-11-22-18(20)21)24(25(29)30)19(28)32-13-14-8-5-4-6-9-14/h4-6,8-9,15H,3,7,10-13H2,1-2H3,(H4,20,21,22)/t15-/m0/s1. The van der Waals surface area contributed by atoms with Crippen molar-refractivity contribution in [2.24, 2.45) is 16.5 Å². The highest BCUT2D eigenvalue weighted by Crippen LogP contribution is 2.14. The molecule has 0 aliphatic carbocycles. The highest BCUT2D eigenvalue weighted by molar-refractivity contribution is 5.87. The molecule has 0 radical (unpaired) electrons. The lowest BCUT2D eigenvalue weighted by Crippen LogP contribution is -2.53. The van der Waals surface area contributed by atoms with Gasteiger partial charge in [-0.3, -0.25) is 14.6 Å². The van der Waals surface area contributed by atoms with Gasteiger partial charge in [0.1, 0.15) is 13.2 Å². The normalized spacial score (nSPS) is 11.1. The van der Waals surface area contributed by atoms with E-state index in [1.54, 1.807) is 37.3 Å². The quantitative estimate of drug-likeness (QED) is 0.112. The first-order valence-corrected chi connectivity index (χ1v) is 9.77. The average molecular weight is 452 g/mol. The predicted molar refractivity (Wildman–Crippen MR) is 113 cm³/mol. The second kappa shape index (κ2) is 13.4. The second-order valence-corrected chi connectivity index (χ2v) is 6.59. The minimum absolute atomic E-state index is 0.0817. The molecule has 32 heavy (non-hydrogen) atoms. The third kappa shape index (κ3) is 8.85. The van der Waals surface area contributed by atoms with Crippen molar-refractivity contribution in [3.05, 3.63) is 46.0 Å². The number of nitrogens with zero attached hydrogens (tertiary/aromatic N) is 4. The summed E-state index contributed by atoms with van der Waals surface area (Å²) in [6, 6.07) is 6.99. The van der Waals surface area contributed by atoms with E-state index in [0.29, 0.717) is 5.56 Å². The molecule has 1 atom stereocenters. The van der Waals surface area contributed by atoms with Crippen LogP contribution in [0.25, 0.3) is 0 Å². The fourth-order valence-corrected chi connectivity index (χ4v) is 2.67. The van der Waals surface area contributed by atoms with Gasteiger partial charge in [0.05, 0.1) is 6.61 Å². The Kier molecular flexibility index (Phi) is 11.0. The van der Waals surface area contributed by atoms with Crippen LogP contribution in [0.1, 0.15) is 25.3 Å². The van der Waals surface area contributed by atoms with Gasteiger partial charge in [-0.1, -0.05) is 30.3 Å². The number of esters is 1. The van der Waals surface area contributed by atoms with Crippen LogP contribution in [0.3, 0.4) is 0 Å². The van der Waals surface area contributed by atoms with Crippen LogP contribution in [-0.4, -0.2) is 71.7 Å². The molecule has 13 heteroatoms. The van der Waals surface area contributed by atoms with Gasteiger partial charge < -0.3 is 25.8 Å². The number of carbonyl (C=O) groups is 3. The van der Waals surface area contributed by atoms with Gasteiger partial charge in [-0.15, -0.1) is 0 Å². The minimum Gasteiger partial charge on any atom is -0.465 e. The lowest BCUT2D eigenvalue weighted by molar-refractivity contribution is -0.641. The van der Waals surface area contributed by atoms with E-state index in [4.69, 9.17) is 20.9 Å². The van der Waals surface area contributed by atoms with Gasteiger partial charge >= 0.3 is 12.1 Å². The van der Waals surface area contributed by atoms with Gasteiger partial charge in [0.25, 0.3) is 5.91 Å². The fourth-order valence-electron chi connectivity index (χ4n) is 2.67. The first kappa shape index (κ1) is 26.1. The van der Waals surface area contributed by atoms with Gasteiger partial charge in [-0.2, -0.15) is 0 Å². The van der Waals surface area contributed by atoms with E-state index in [2.05, 4.69) is 4.99 Å². The van der Waals surface area contributed by atoms with Crippen LogP contribution in [0.4, 0.5) is 4.79 Å². The number of nitro groups is 1. The highest BCUT2D eigenvalue weighted by Gasteiger charge is 2.41. The van der Waals surface area contributed by atoms with Crippen LogP contribution in [0.2, 0.25) is 0 Å². The smallest absolute Gasteiger partial charge is 0.465 e. The molecular formula is C19H28N6O7.